The van der Waals surface area contributed by atoms with E-state index in [-0.39, 0.29) is 25.1 Å². The van der Waals surface area contributed by atoms with Crippen molar-refractivity contribution in [3.8, 4) is 6.07 Å². The largest absolute Gasteiger partial charge is 0.376 e. The lowest BCUT2D eigenvalue weighted by atomic mass is 10.2. The van der Waals surface area contributed by atoms with Crippen LogP contribution >= 0.6 is 0 Å². The fraction of sp³-hybridized carbons (Fsp3) is 0.800. The molecule has 1 rings (SSSR count). The van der Waals surface area contributed by atoms with Crippen LogP contribution in [0.5, 0.6) is 0 Å². The molecule has 0 aromatic heterocycles. The van der Waals surface area contributed by atoms with Crippen LogP contribution in [-0.4, -0.2) is 50.2 Å². The normalized spacial score (nSPS) is 20.2. The Bertz CT molecular complexity index is 244. The summed E-state index contributed by atoms with van der Waals surface area (Å²) >= 11 is 0. The summed E-state index contributed by atoms with van der Waals surface area (Å²) in [7, 11) is 1.74. The van der Waals surface area contributed by atoms with Crippen molar-refractivity contribution >= 4 is 5.91 Å². The molecular weight excluding hydrogens is 194 g/mol. The Kier molecular flexibility index (Phi) is 5.08. The van der Waals surface area contributed by atoms with Gasteiger partial charge in [-0.3, -0.25) is 9.69 Å². The minimum Gasteiger partial charge on any atom is -0.376 e. The number of nitriles is 1. The van der Waals surface area contributed by atoms with Crippen molar-refractivity contribution in [3.63, 3.8) is 0 Å². The molecule has 0 bridgehead atoms. The van der Waals surface area contributed by atoms with Crippen LogP contribution in [0.1, 0.15) is 12.8 Å². The van der Waals surface area contributed by atoms with E-state index >= 15 is 0 Å². The maximum Gasteiger partial charge on any atom is 0.234 e. The molecule has 1 N–H and O–H groups in total. The maximum atomic E-state index is 11.4. The first kappa shape index (κ1) is 12.0. The molecule has 0 unspecified atom stereocenters. The van der Waals surface area contributed by atoms with Gasteiger partial charge in [-0.2, -0.15) is 5.26 Å². The van der Waals surface area contributed by atoms with Crippen LogP contribution in [-0.2, 0) is 9.53 Å². The fourth-order valence-electron chi connectivity index (χ4n) is 1.51. The van der Waals surface area contributed by atoms with E-state index in [1.54, 1.807) is 11.9 Å². The Morgan fingerprint density at radius 2 is 2.53 bits per heavy atom. The van der Waals surface area contributed by atoms with E-state index in [0.29, 0.717) is 6.54 Å². The van der Waals surface area contributed by atoms with E-state index < -0.39 is 0 Å². The number of rotatable bonds is 5. The lowest BCUT2D eigenvalue weighted by molar-refractivity contribution is -0.122. The number of nitrogens with zero attached hydrogens (tertiary/aromatic N) is 2. The SMILES string of the molecule is CN(CC#N)CC(=O)NC[C@H]1CCCO1. The van der Waals surface area contributed by atoms with Crippen LogP contribution in [0.2, 0.25) is 0 Å². The highest BCUT2D eigenvalue weighted by Gasteiger charge is 2.16. The van der Waals surface area contributed by atoms with Crippen molar-refractivity contribution < 1.29 is 9.53 Å². The summed E-state index contributed by atoms with van der Waals surface area (Å²) in [5, 5.41) is 11.2. The number of nitrogens with one attached hydrogen (secondary N) is 1. The summed E-state index contributed by atoms with van der Waals surface area (Å²) in [5.41, 5.74) is 0. The fourth-order valence-corrected chi connectivity index (χ4v) is 1.51. The molecule has 0 aliphatic carbocycles. The van der Waals surface area contributed by atoms with Gasteiger partial charge in [-0.05, 0) is 19.9 Å². The van der Waals surface area contributed by atoms with Crippen molar-refractivity contribution in [1.29, 1.82) is 5.26 Å². The molecule has 0 aromatic rings. The Labute approximate surface area is 90.0 Å². The molecule has 15 heavy (non-hydrogen) atoms. The molecule has 0 spiro atoms. The van der Waals surface area contributed by atoms with E-state index in [1.807, 2.05) is 6.07 Å². The molecule has 1 aliphatic rings. The molecular formula is C10H17N3O2. The van der Waals surface area contributed by atoms with Crippen molar-refractivity contribution in [2.75, 3.05) is 33.3 Å². The summed E-state index contributed by atoms with van der Waals surface area (Å²) in [6, 6.07) is 1.99. The molecule has 1 aliphatic heterocycles. The summed E-state index contributed by atoms with van der Waals surface area (Å²) in [6.45, 7) is 1.92. The Morgan fingerprint density at radius 1 is 1.73 bits per heavy atom. The highest BCUT2D eigenvalue weighted by Crippen LogP contribution is 2.10. The van der Waals surface area contributed by atoms with E-state index in [4.69, 9.17) is 10.00 Å². The third kappa shape index (κ3) is 4.77. The monoisotopic (exact) mass is 211 g/mol. The van der Waals surface area contributed by atoms with Gasteiger partial charge in [-0.1, -0.05) is 0 Å². The van der Waals surface area contributed by atoms with E-state index in [0.717, 1.165) is 19.4 Å². The lowest BCUT2D eigenvalue weighted by Gasteiger charge is -2.14. The Hall–Kier alpha value is -1.12. The van der Waals surface area contributed by atoms with Crippen LogP contribution in [0.15, 0.2) is 0 Å². The van der Waals surface area contributed by atoms with Crippen LogP contribution in [0, 0.1) is 11.3 Å². The highest BCUT2D eigenvalue weighted by molar-refractivity contribution is 5.78. The average Bonchev–Trinajstić information content (AvgIpc) is 2.67. The molecule has 1 saturated heterocycles. The van der Waals surface area contributed by atoms with Crippen molar-refractivity contribution in [2.45, 2.75) is 18.9 Å². The molecule has 84 valence electrons. The lowest BCUT2D eigenvalue weighted by Crippen LogP contribution is -2.38. The summed E-state index contributed by atoms with van der Waals surface area (Å²) in [5.74, 6) is -0.0525. The number of carbonyl (C=O) groups is 1. The van der Waals surface area contributed by atoms with Gasteiger partial charge in [0.05, 0.1) is 25.3 Å². The Morgan fingerprint density at radius 3 is 3.13 bits per heavy atom. The van der Waals surface area contributed by atoms with Gasteiger partial charge in [0.15, 0.2) is 0 Å². The molecule has 1 amide bonds. The highest BCUT2D eigenvalue weighted by atomic mass is 16.5. The molecule has 0 aromatic carbocycles. The first-order valence-corrected chi connectivity index (χ1v) is 5.16. The number of carbonyl (C=O) groups excluding carboxylic acids is 1. The third-order valence-corrected chi connectivity index (χ3v) is 2.31. The summed E-state index contributed by atoms with van der Waals surface area (Å²) in [4.78, 5) is 13.0. The van der Waals surface area contributed by atoms with Crippen molar-refractivity contribution in [3.05, 3.63) is 0 Å². The standard InChI is InChI=1S/C10H17N3O2/c1-13(5-4-11)8-10(14)12-7-9-3-2-6-15-9/h9H,2-3,5-8H2,1H3,(H,12,14)/t9-/m1/s1. The summed E-state index contributed by atoms with van der Waals surface area (Å²) in [6.07, 6.45) is 2.28. The average molecular weight is 211 g/mol. The minimum atomic E-state index is -0.0525. The van der Waals surface area contributed by atoms with Gasteiger partial charge in [0.25, 0.3) is 0 Å². The van der Waals surface area contributed by atoms with Gasteiger partial charge >= 0.3 is 0 Å². The zero-order valence-electron chi connectivity index (χ0n) is 9.03. The van der Waals surface area contributed by atoms with Crippen LogP contribution in [0.3, 0.4) is 0 Å². The van der Waals surface area contributed by atoms with Gasteiger partial charge in [0.1, 0.15) is 0 Å². The smallest absolute Gasteiger partial charge is 0.234 e. The number of ether oxygens (including phenoxy) is 1. The minimum absolute atomic E-state index is 0.0525. The zero-order valence-corrected chi connectivity index (χ0v) is 9.03. The molecule has 5 nitrogen and oxygen atoms in total. The predicted octanol–water partition coefficient (Wildman–Crippen LogP) is -0.263. The van der Waals surface area contributed by atoms with E-state index in [2.05, 4.69) is 5.32 Å². The maximum absolute atomic E-state index is 11.4. The summed E-state index contributed by atoms with van der Waals surface area (Å²) < 4.78 is 5.38. The second-order valence-electron chi connectivity index (χ2n) is 3.77. The zero-order chi connectivity index (χ0) is 11.1. The third-order valence-electron chi connectivity index (χ3n) is 2.31. The number of amides is 1. The number of hydrogen-bond acceptors (Lipinski definition) is 4. The van der Waals surface area contributed by atoms with Gasteiger partial charge in [-0.25, -0.2) is 0 Å². The second-order valence-corrected chi connectivity index (χ2v) is 3.77. The Balaban J connectivity index is 2.10. The molecule has 0 radical (unpaired) electrons. The molecule has 0 saturated carbocycles. The van der Waals surface area contributed by atoms with Crippen LogP contribution in [0.25, 0.3) is 0 Å². The quantitative estimate of drug-likeness (QED) is 0.636. The predicted molar refractivity (Wildman–Crippen MR) is 55.1 cm³/mol. The van der Waals surface area contributed by atoms with Gasteiger partial charge in [0, 0.05) is 13.2 Å². The number of likely N-dealkylation sites (N-methyl/N-ethyl adjacent to an activating group) is 1. The topological polar surface area (TPSA) is 65.4 Å². The number of hydrogen-bond donors (Lipinski definition) is 1. The van der Waals surface area contributed by atoms with Crippen LogP contribution in [0.4, 0.5) is 0 Å². The molecule has 5 heteroatoms. The van der Waals surface area contributed by atoms with Gasteiger partial charge < -0.3 is 10.1 Å². The molecule has 1 fully saturated rings. The van der Waals surface area contributed by atoms with Gasteiger partial charge in [-0.15, -0.1) is 0 Å². The molecule has 1 heterocycles. The van der Waals surface area contributed by atoms with Crippen LogP contribution < -0.4 is 5.32 Å². The molecule has 1 atom stereocenters. The van der Waals surface area contributed by atoms with Gasteiger partial charge in [0.2, 0.25) is 5.91 Å². The second kappa shape index (κ2) is 6.38. The van der Waals surface area contributed by atoms with Crippen molar-refractivity contribution in [1.82, 2.24) is 10.2 Å². The van der Waals surface area contributed by atoms with E-state index in [9.17, 15) is 4.79 Å². The van der Waals surface area contributed by atoms with E-state index in [1.165, 1.54) is 0 Å². The van der Waals surface area contributed by atoms with Crippen molar-refractivity contribution in [2.24, 2.45) is 0 Å². The first-order chi connectivity index (χ1) is 7.22. The first-order valence-electron chi connectivity index (χ1n) is 5.16.